The number of amides is 1. The predicted octanol–water partition coefficient (Wildman–Crippen LogP) is 3.76. The van der Waals surface area contributed by atoms with E-state index in [1.807, 2.05) is 54.6 Å². The van der Waals surface area contributed by atoms with E-state index in [0.29, 0.717) is 17.8 Å². The minimum absolute atomic E-state index is 0.141. The van der Waals surface area contributed by atoms with Crippen molar-refractivity contribution in [1.29, 1.82) is 0 Å². The number of hydrogen-bond donors (Lipinski definition) is 1. The monoisotopic (exact) mass is 373 g/mol. The number of aromatic nitrogens is 1. The second-order valence-electron chi connectivity index (χ2n) is 6.77. The molecule has 5 nitrogen and oxygen atoms in total. The SMILES string of the molecule is O=C(Nc1ccc(N2CCOCC2)cn1)c1ccccc1Cc1ccccc1. The quantitative estimate of drug-likeness (QED) is 0.740. The second kappa shape index (κ2) is 8.67. The van der Waals surface area contributed by atoms with Crippen LogP contribution in [0.4, 0.5) is 11.5 Å². The summed E-state index contributed by atoms with van der Waals surface area (Å²) in [6.07, 6.45) is 2.52. The number of anilines is 2. The summed E-state index contributed by atoms with van der Waals surface area (Å²) in [6.45, 7) is 3.19. The van der Waals surface area contributed by atoms with Crippen LogP contribution in [0.15, 0.2) is 72.9 Å². The zero-order valence-corrected chi connectivity index (χ0v) is 15.7. The van der Waals surface area contributed by atoms with Crippen LogP contribution in [0.2, 0.25) is 0 Å². The van der Waals surface area contributed by atoms with Crippen LogP contribution in [0.3, 0.4) is 0 Å². The maximum atomic E-state index is 12.8. The van der Waals surface area contributed by atoms with Crippen LogP contribution >= 0.6 is 0 Å². The molecule has 3 aromatic rings. The third kappa shape index (κ3) is 4.38. The van der Waals surface area contributed by atoms with Gasteiger partial charge in [0, 0.05) is 18.7 Å². The number of carbonyl (C=O) groups excluding carboxylic acids is 1. The van der Waals surface area contributed by atoms with Crippen LogP contribution in [-0.2, 0) is 11.2 Å². The van der Waals surface area contributed by atoms with Crippen LogP contribution in [0.25, 0.3) is 0 Å². The number of nitrogens with one attached hydrogen (secondary N) is 1. The van der Waals surface area contributed by atoms with E-state index < -0.39 is 0 Å². The minimum atomic E-state index is -0.141. The lowest BCUT2D eigenvalue weighted by atomic mass is 9.99. The fourth-order valence-electron chi connectivity index (χ4n) is 3.36. The van der Waals surface area contributed by atoms with Crippen molar-refractivity contribution in [1.82, 2.24) is 4.98 Å². The number of pyridine rings is 1. The Hall–Kier alpha value is -3.18. The molecule has 0 saturated carbocycles. The van der Waals surface area contributed by atoms with Crippen molar-refractivity contribution in [2.45, 2.75) is 6.42 Å². The van der Waals surface area contributed by atoms with Crippen LogP contribution in [-0.4, -0.2) is 37.2 Å². The average Bonchev–Trinajstić information content (AvgIpc) is 2.76. The van der Waals surface area contributed by atoms with E-state index in [1.54, 1.807) is 6.20 Å². The van der Waals surface area contributed by atoms with E-state index in [0.717, 1.165) is 37.6 Å². The Morgan fingerprint density at radius 2 is 1.71 bits per heavy atom. The lowest BCUT2D eigenvalue weighted by molar-refractivity contribution is 0.102. The highest BCUT2D eigenvalue weighted by molar-refractivity contribution is 6.04. The number of nitrogens with zero attached hydrogens (tertiary/aromatic N) is 2. The van der Waals surface area contributed by atoms with Gasteiger partial charge in [0.15, 0.2) is 0 Å². The predicted molar refractivity (Wildman–Crippen MR) is 111 cm³/mol. The highest BCUT2D eigenvalue weighted by Gasteiger charge is 2.14. The molecule has 0 unspecified atom stereocenters. The van der Waals surface area contributed by atoms with Gasteiger partial charge in [-0.2, -0.15) is 0 Å². The van der Waals surface area contributed by atoms with Crippen LogP contribution in [0.5, 0.6) is 0 Å². The van der Waals surface area contributed by atoms with Gasteiger partial charge in [0.05, 0.1) is 25.1 Å². The molecule has 1 saturated heterocycles. The Bertz CT molecular complexity index is 920. The normalized spacial score (nSPS) is 13.9. The maximum Gasteiger partial charge on any atom is 0.257 e. The lowest BCUT2D eigenvalue weighted by Gasteiger charge is -2.28. The van der Waals surface area contributed by atoms with Crippen LogP contribution < -0.4 is 10.2 Å². The third-order valence-corrected chi connectivity index (χ3v) is 4.87. The van der Waals surface area contributed by atoms with Gasteiger partial charge >= 0.3 is 0 Å². The summed E-state index contributed by atoms with van der Waals surface area (Å²) >= 11 is 0. The minimum Gasteiger partial charge on any atom is -0.378 e. The third-order valence-electron chi connectivity index (χ3n) is 4.87. The summed E-state index contributed by atoms with van der Waals surface area (Å²) in [6, 6.07) is 21.7. The Morgan fingerprint density at radius 3 is 2.46 bits per heavy atom. The Morgan fingerprint density at radius 1 is 0.964 bits per heavy atom. The molecule has 0 atom stereocenters. The van der Waals surface area contributed by atoms with Gasteiger partial charge in [-0.05, 0) is 35.7 Å². The van der Waals surface area contributed by atoms with Gasteiger partial charge < -0.3 is 15.0 Å². The molecule has 1 N–H and O–H groups in total. The topological polar surface area (TPSA) is 54.5 Å². The zero-order valence-electron chi connectivity index (χ0n) is 15.7. The number of hydrogen-bond acceptors (Lipinski definition) is 4. The number of benzene rings is 2. The van der Waals surface area contributed by atoms with E-state index >= 15 is 0 Å². The lowest BCUT2D eigenvalue weighted by Crippen LogP contribution is -2.36. The molecule has 0 aliphatic carbocycles. The Kier molecular flexibility index (Phi) is 5.64. The highest BCUT2D eigenvalue weighted by Crippen LogP contribution is 2.19. The van der Waals surface area contributed by atoms with Gasteiger partial charge in [0.1, 0.15) is 5.82 Å². The van der Waals surface area contributed by atoms with Crippen molar-refractivity contribution in [3.8, 4) is 0 Å². The molecule has 0 spiro atoms. The van der Waals surface area contributed by atoms with E-state index in [2.05, 4.69) is 27.3 Å². The first-order valence-corrected chi connectivity index (χ1v) is 9.51. The van der Waals surface area contributed by atoms with Crippen LogP contribution in [0, 0.1) is 0 Å². The molecule has 4 rings (SSSR count). The van der Waals surface area contributed by atoms with Crippen molar-refractivity contribution in [3.05, 3.63) is 89.6 Å². The summed E-state index contributed by atoms with van der Waals surface area (Å²) in [7, 11) is 0. The molecule has 1 aliphatic rings. The van der Waals surface area contributed by atoms with Crippen molar-refractivity contribution in [2.75, 3.05) is 36.5 Å². The molecule has 2 heterocycles. The molecule has 1 fully saturated rings. The van der Waals surface area contributed by atoms with Crippen molar-refractivity contribution >= 4 is 17.4 Å². The molecular weight excluding hydrogens is 350 g/mol. The molecule has 0 radical (unpaired) electrons. The largest absolute Gasteiger partial charge is 0.378 e. The summed E-state index contributed by atoms with van der Waals surface area (Å²) in [5, 5.41) is 2.92. The first kappa shape index (κ1) is 18.2. The van der Waals surface area contributed by atoms with E-state index in [9.17, 15) is 4.79 Å². The summed E-state index contributed by atoms with van der Waals surface area (Å²) in [5.74, 6) is 0.412. The molecular formula is C23H23N3O2. The van der Waals surface area contributed by atoms with Gasteiger partial charge in [0.25, 0.3) is 5.91 Å². The smallest absolute Gasteiger partial charge is 0.257 e. The van der Waals surface area contributed by atoms with Gasteiger partial charge in [-0.3, -0.25) is 4.79 Å². The molecule has 1 aliphatic heterocycles. The number of morpholine rings is 1. The van der Waals surface area contributed by atoms with Crippen molar-refractivity contribution in [2.24, 2.45) is 0 Å². The van der Waals surface area contributed by atoms with Gasteiger partial charge in [-0.1, -0.05) is 48.5 Å². The molecule has 28 heavy (non-hydrogen) atoms. The Balaban J connectivity index is 1.46. The summed E-state index contributed by atoms with van der Waals surface area (Å²) in [4.78, 5) is 19.5. The van der Waals surface area contributed by atoms with Gasteiger partial charge in [0.2, 0.25) is 0 Å². The first-order chi connectivity index (χ1) is 13.8. The number of rotatable bonds is 5. The maximum absolute atomic E-state index is 12.8. The molecule has 142 valence electrons. The highest BCUT2D eigenvalue weighted by atomic mass is 16.5. The molecule has 1 amide bonds. The van der Waals surface area contributed by atoms with E-state index in [4.69, 9.17) is 4.74 Å². The average molecular weight is 373 g/mol. The van der Waals surface area contributed by atoms with E-state index in [1.165, 1.54) is 5.56 Å². The molecule has 2 aromatic carbocycles. The van der Waals surface area contributed by atoms with Gasteiger partial charge in [-0.15, -0.1) is 0 Å². The standard InChI is InChI=1S/C23H23N3O2/c27-23(21-9-5-4-8-19(21)16-18-6-2-1-3-7-18)25-22-11-10-20(17-24-22)26-12-14-28-15-13-26/h1-11,17H,12-16H2,(H,24,25,27). The number of carbonyl (C=O) groups is 1. The second-order valence-corrected chi connectivity index (χ2v) is 6.77. The fourth-order valence-corrected chi connectivity index (χ4v) is 3.36. The van der Waals surface area contributed by atoms with Crippen molar-refractivity contribution < 1.29 is 9.53 Å². The summed E-state index contributed by atoms with van der Waals surface area (Å²) in [5.41, 5.74) is 3.89. The molecule has 1 aromatic heterocycles. The number of ether oxygens (including phenoxy) is 1. The fraction of sp³-hybridized carbons (Fsp3) is 0.217. The van der Waals surface area contributed by atoms with Crippen LogP contribution in [0.1, 0.15) is 21.5 Å². The zero-order chi connectivity index (χ0) is 19.2. The van der Waals surface area contributed by atoms with Crippen molar-refractivity contribution in [3.63, 3.8) is 0 Å². The van der Waals surface area contributed by atoms with Gasteiger partial charge in [-0.25, -0.2) is 4.98 Å². The first-order valence-electron chi connectivity index (χ1n) is 9.51. The molecule has 0 bridgehead atoms. The Labute approximate surface area is 165 Å². The molecule has 5 heteroatoms. The summed E-state index contributed by atoms with van der Waals surface area (Å²) < 4.78 is 5.38. The van der Waals surface area contributed by atoms with E-state index in [-0.39, 0.29) is 5.91 Å².